The minimum absolute atomic E-state index is 0.203. The number of amides is 2. The highest BCUT2D eigenvalue weighted by molar-refractivity contribution is 9.10. The third-order valence-corrected chi connectivity index (χ3v) is 6.29. The van der Waals surface area contributed by atoms with Crippen molar-refractivity contribution in [3.63, 3.8) is 0 Å². The third kappa shape index (κ3) is 4.70. The Morgan fingerprint density at radius 1 is 1.06 bits per heavy atom. The summed E-state index contributed by atoms with van der Waals surface area (Å²) in [7, 11) is 3.08. The van der Waals surface area contributed by atoms with Crippen LogP contribution in [0.1, 0.15) is 50.6 Å². The van der Waals surface area contributed by atoms with Crippen LogP contribution < -0.4 is 20.2 Å². The second-order valence-electron chi connectivity index (χ2n) is 7.71. The van der Waals surface area contributed by atoms with E-state index in [0.29, 0.717) is 57.1 Å². The lowest BCUT2D eigenvalue weighted by Crippen LogP contribution is -2.22. The normalized spacial score (nSPS) is 13.8. The van der Waals surface area contributed by atoms with Crippen LogP contribution in [0.2, 0.25) is 0 Å². The molecule has 0 radical (unpaired) electrons. The number of methoxy groups -OCH3 is 2. The van der Waals surface area contributed by atoms with E-state index in [1.165, 1.54) is 7.11 Å². The number of nitrogens with zero attached hydrogens (tertiary/aromatic N) is 1. The summed E-state index contributed by atoms with van der Waals surface area (Å²) in [6.07, 6.45) is 2.15. The van der Waals surface area contributed by atoms with Gasteiger partial charge in [0.15, 0.2) is 5.76 Å². The number of furan rings is 1. The first kappa shape index (κ1) is 23.6. The molecule has 1 aliphatic rings. The number of carbonyl (C=O) groups excluding carboxylic acids is 2. The van der Waals surface area contributed by atoms with Gasteiger partial charge in [-0.1, -0.05) is 12.1 Å². The molecule has 9 heteroatoms. The first-order valence-corrected chi connectivity index (χ1v) is 11.5. The Balaban J connectivity index is 1.58. The number of benzene rings is 2. The fourth-order valence-corrected chi connectivity index (χ4v) is 4.37. The highest BCUT2D eigenvalue weighted by atomic mass is 79.9. The molecule has 2 aromatic carbocycles. The molecular weight excluding hydrogens is 502 g/mol. The fourth-order valence-electron chi connectivity index (χ4n) is 3.90. The molecule has 4 rings (SSSR count). The average Bonchev–Trinajstić information content (AvgIpc) is 3.20. The van der Waals surface area contributed by atoms with E-state index in [0.717, 1.165) is 12.0 Å². The molecule has 2 N–H and O–H groups in total. The van der Waals surface area contributed by atoms with E-state index in [1.807, 2.05) is 13.0 Å². The molecule has 3 aromatic rings. The monoisotopic (exact) mass is 525 g/mol. The highest BCUT2D eigenvalue weighted by Gasteiger charge is 2.28. The molecule has 2 amide bonds. The molecule has 1 aromatic heterocycles. The molecule has 0 fully saturated rings. The van der Waals surface area contributed by atoms with E-state index in [2.05, 4.69) is 31.8 Å². The molecular formula is C25H24BrN3O5. The number of anilines is 1. The van der Waals surface area contributed by atoms with Gasteiger partial charge >= 0.3 is 0 Å². The molecule has 176 valence electrons. The molecule has 0 bridgehead atoms. The van der Waals surface area contributed by atoms with E-state index in [4.69, 9.17) is 13.9 Å². The van der Waals surface area contributed by atoms with E-state index < -0.39 is 5.91 Å². The minimum Gasteiger partial charge on any atom is -0.497 e. The number of nitrogens with one attached hydrogen (secondary N) is 2. The van der Waals surface area contributed by atoms with Crippen LogP contribution in [0.3, 0.4) is 0 Å². The van der Waals surface area contributed by atoms with E-state index >= 15 is 0 Å². The SMILES string of the molecule is COc1ccc(NC(=O)c2oc3c(c2C)/C(=N/NC(=O)c2ccccc2Br)CCC3)c(OC)c1. The summed E-state index contributed by atoms with van der Waals surface area (Å²) in [6, 6.07) is 12.3. The molecule has 0 saturated heterocycles. The van der Waals surface area contributed by atoms with Crippen molar-refractivity contribution in [2.24, 2.45) is 5.10 Å². The van der Waals surface area contributed by atoms with Crippen LogP contribution in [0.5, 0.6) is 11.5 Å². The van der Waals surface area contributed by atoms with Gasteiger partial charge in [0.05, 0.1) is 31.2 Å². The standard InChI is InChI=1S/C25H24BrN3O5/c1-14-22-19(28-29-24(30)16-7-4-5-8-17(16)26)9-6-10-20(22)34-23(14)25(31)27-18-12-11-15(32-2)13-21(18)33-3/h4-5,7-8,11-13H,6,9-10H2,1-3H3,(H,27,31)(H,29,30)/b28-19+. The van der Waals surface area contributed by atoms with Crippen molar-refractivity contribution in [1.82, 2.24) is 5.43 Å². The van der Waals surface area contributed by atoms with Gasteiger partial charge in [-0.2, -0.15) is 5.10 Å². The Bertz CT molecular complexity index is 1280. The molecule has 1 heterocycles. The van der Waals surface area contributed by atoms with Crippen molar-refractivity contribution in [2.75, 3.05) is 19.5 Å². The number of rotatable bonds is 6. The van der Waals surface area contributed by atoms with E-state index in [9.17, 15) is 9.59 Å². The number of carbonyl (C=O) groups is 2. The van der Waals surface area contributed by atoms with Crippen molar-refractivity contribution < 1.29 is 23.5 Å². The Labute approximate surface area is 205 Å². The molecule has 34 heavy (non-hydrogen) atoms. The summed E-state index contributed by atoms with van der Waals surface area (Å²) in [4.78, 5) is 25.6. The van der Waals surface area contributed by atoms with Gasteiger partial charge in [-0.05, 0) is 60.0 Å². The summed E-state index contributed by atoms with van der Waals surface area (Å²) in [6.45, 7) is 1.82. The number of hydrazone groups is 1. The number of aryl methyl sites for hydroxylation is 1. The third-order valence-electron chi connectivity index (χ3n) is 5.60. The molecule has 0 aliphatic heterocycles. The van der Waals surface area contributed by atoms with Gasteiger partial charge in [0.25, 0.3) is 11.8 Å². The van der Waals surface area contributed by atoms with E-state index in [1.54, 1.807) is 43.5 Å². The van der Waals surface area contributed by atoms with Crippen molar-refractivity contribution >= 4 is 39.1 Å². The quantitative estimate of drug-likeness (QED) is 0.436. The zero-order valence-electron chi connectivity index (χ0n) is 19.0. The highest BCUT2D eigenvalue weighted by Crippen LogP contribution is 2.33. The Morgan fingerprint density at radius 3 is 2.59 bits per heavy atom. The van der Waals surface area contributed by atoms with Gasteiger partial charge in [-0.25, -0.2) is 5.43 Å². The number of ether oxygens (including phenoxy) is 2. The van der Waals surface area contributed by atoms with Crippen LogP contribution in [0.4, 0.5) is 5.69 Å². The molecule has 8 nitrogen and oxygen atoms in total. The largest absolute Gasteiger partial charge is 0.497 e. The lowest BCUT2D eigenvalue weighted by molar-refractivity contribution is 0.0952. The molecule has 0 atom stereocenters. The minimum atomic E-state index is -0.396. The summed E-state index contributed by atoms with van der Waals surface area (Å²) in [5.74, 6) is 1.26. The summed E-state index contributed by atoms with van der Waals surface area (Å²) in [5, 5.41) is 7.22. The fraction of sp³-hybridized carbons (Fsp3) is 0.240. The Morgan fingerprint density at radius 2 is 1.85 bits per heavy atom. The Hall–Kier alpha value is -3.59. The number of hydrogen-bond donors (Lipinski definition) is 2. The zero-order valence-corrected chi connectivity index (χ0v) is 20.6. The zero-order chi connectivity index (χ0) is 24.2. The summed E-state index contributed by atoms with van der Waals surface area (Å²) >= 11 is 3.38. The smallest absolute Gasteiger partial charge is 0.291 e. The number of fused-ring (bicyclic) bond motifs is 1. The predicted octanol–water partition coefficient (Wildman–Crippen LogP) is 5.09. The number of hydrogen-bond acceptors (Lipinski definition) is 6. The van der Waals surface area contributed by atoms with Crippen LogP contribution in [0.15, 0.2) is 56.5 Å². The predicted molar refractivity (Wildman–Crippen MR) is 132 cm³/mol. The van der Waals surface area contributed by atoms with Gasteiger partial charge in [-0.3, -0.25) is 9.59 Å². The Kier molecular flexibility index (Phi) is 7.02. The van der Waals surface area contributed by atoms with Crippen LogP contribution in [0, 0.1) is 6.92 Å². The van der Waals surface area contributed by atoms with Crippen molar-refractivity contribution in [3.05, 3.63) is 75.1 Å². The van der Waals surface area contributed by atoms with Gasteiger partial charge < -0.3 is 19.2 Å². The van der Waals surface area contributed by atoms with Gasteiger partial charge in [0, 0.05) is 28.1 Å². The number of halogens is 1. The molecule has 0 spiro atoms. The first-order valence-electron chi connectivity index (χ1n) is 10.7. The second-order valence-corrected chi connectivity index (χ2v) is 8.56. The van der Waals surface area contributed by atoms with Gasteiger partial charge in [0.2, 0.25) is 0 Å². The van der Waals surface area contributed by atoms with Crippen LogP contribution >= 0.6 is 15.9 Å². The van der Waals surface area contributed by atoms with Gasteiger partial charge in [-0.15, -0.1) is 0 Å². The first-order chi connectivity index (χ1) is 16.4. The average molecular weight is 526 g/mol. The van der Waals surface area contributed by atoms with Crippen LogP contribution in [-0.4, -0.2) is 31.7 Å². The van der Waals surface area contributed by atoms with Crippen molar-refractivity contribution in [2.45, 2.75) is 26.2 Å². The molecule has 0 saturated carbocycles. The maximum absolute atomic E-state index is 13.1. The lowest BCUT2D eigenvalue weighted by Gasteiger charge is -2.13. The maximum atomic E-state index is 13.1. The summed E-state index contributed by atoms with van der Waals surface area (Å²) < 4.78 is 17.2. The molecule has 0 unspecified atom stereocenters. The summed E-state index contributed by atoms with van der Waals surface area (Å²) in [5.41, 5.74) is 5.74. The van der Waals surface area contributed by atoms with Crippen molar-refractivity contribution in [1.29, 1.82) is 0 Å². The topological polar surface area (TPSA) is 102 Å². The second kappa shape index (κ2) is 10.1. The maximum Gasteiger partial charge on any atom is 0.291 e. The lowest BCUT2D eigenvalue weighted by atomic mass is 9.93. The van der Waals surface area contributed by atoms with Crippen LogP contribution in [0.25, 0.3) is 0 Å². The van der Waals surface area contributed by atoms with E-state index in [-0.39, 0.29) is 11.7 Å². The molecule has 1 aliphatic carbocycles. The van der Waals surface area contributed by atoms with Gasteiger partial charge in [0.1, 0.15) is 17.3 Å². The van der Waals surface area contributed by atoms with Crippen LogP contribution in [-0.2, 0) is 6.42 Å². The van der Waals surface area contributed by atoms with Crippen molar-refractivity contribution in [3.8, 4) is 11.5 Å².